The summed E-state index contributed by atoms with van der Waals surface area (Å²) < 4.78 is 0. The fourth-order valence-electron chi connectivity index (χ4n) is 3.95. The van der Waals surface area contributed by atoms with E-state index in [9.17, 15) is 29.7 Å². The molecule has 10 heteroatoms. The van der Waals surface area contributed by atoms with Gasteiger partial charge in [0.25, 0.3) is 5.91 Å². The summed E-state index contributed by atoms with van der Waals surface area (Å²) in [5.41, 5.74) is 7.16. The van der Waals surface area contributed by atoms with Crippen LogP contribution in [0.4, 0.5) is 0 Å². The van der Waals surface area contributed by atoms with Crippen molar-refractivity contribution >= 4 is 40.3 Å². The average molecular weight is 502 g/mol. The van der Waals surface area contributed by atoms with E-state index in [2.05, 4.69) is 5.32 Å². The van der Waals surface area contributed by atoms with Crippen LogP contribution in [0.5, 0.6) is 0 Å². The monoisotopic (exact) mass is 501 g/mol. The van der Waals surface area contributed by atoms with Gasteiger partial charge in [-0.2, -0.15) is 0 Å². The number of carboxylic acids is 1. The lowest BCUT2D eigenvalue weighted by Gasteiger charge is -2.27. The minimum absolute atomic E-state index is 0.0992. The van der Waals surface area contributed by atoms with Gasteiger partial charge in [0, 0.05) is 18.2 Å². The van der Waals surface area contributed by atoms with Crippen LogP contribution in [0.3, 0.4) is 0 Å². The number of hydrogen-bond acceptors (Lipinski definition) is 7. The van der Waals surface area contributed by atoms with Gasteiger partial charge < -0.3 is 31.3 Å². The second-order valence-electron chi connectivity index (χ2n) is 8.91. The van der Waals surface area contributed by atoms with Gasteiger partial charge in [-0.3, -0.25) is 9.59 Å². The largest absolute Gasteiger partial charge is 0.480 e. The minimum atomic E-state index is -1.38. The number of benzene rings is 2. The van der Waals surface area contributed by atoms with Crippen LogP contribution in [0, 0.1) is 5.92 Å². The van der Waals surface area contributed by atoms with Crippen molar-refractivity contribution in [2.24, 2.45) is 11.7 Å². The summed E-state index contributed by atoms with van der Waals surface area (Å²) in [7, 11) is 0. The number of nitrogens with two attached hydrogens (primary N) is 1. The van der Waals surface area contributed by atoms with Gasteiger partial charge in [0.05, 0.1) is 18.4 Å². The van der Waals surface area contributed by atoms with Crippen molar-refractivity contribution in [3.63, 3.8) is 0 Å². The molecule has 35 heavy (non-hydrogen) atoms. The molecule has 0 radical (unpaired) electrons. The lowest BCUT2D eigenvalue weighted by atomic mass is 9.99. The molecular weight excluding hydrogens is 470 g/mol. The van der Waals surface area contributed by atoms with Gasteiger partial charge in [-0.1, -0.05) is 56.3 Å². The molecule has 0 saturated heterocycles. The molecule has 1 aliphatic rings. The smallest absolute Gasteiger partial charge is 0.326 e. The Labute approximate surface area is 208 Å². The highest BCUT2D eigenvalue weighted by Crippen LogP contribution is 2.32. The number of carbonyl (C=O) groups excluding carboxylic acids is 2. The average Bonchev–Trinajstić information content (AvgIpc) is 3.28. The van der Waals surface area contributed by atoms with E-state index < -0.39 is 42.1 Å². The molecule has 0 aliphatic carbocycles. The molecule has 0 bridgehead atoms. The highest BCUT2D eigenvalue weighted by molar-refractivity contribution is 8.02. The van der Waals surface area contributed by atoms with Crippen LogP contribution < -0.4 is 11.1 Å². The Morgan fingerprint density at radius 1 is 1.11 bits per heavy atom. The normalized spacial score (nSPS) is 17.1. The maximum absolute atomic E-state index is 13.2. The summed E-state index contributed by atoms with van der Waals surface area (Å²) >= 11 is 1.37. The molecule has 0 saturated carbocycles. The van der Waals surface area contributed by atoms with Crippen molar-refractivity contribution in [1.29, 1.82) is 0 Å². The maximum atomic E-state index is 13.2. The molecule has 0 fully saturated rings. The van der Waals surface area contributed by atoms with Gasteiger partial charge in [-0.15, -0.1) is 11.8 Å². The van der Waals surface area contributed by atoms with E-state index >= 15 is 0 Å². The molecule has 4 atom stereocenters. The Bertz CT molecular complexity index is 1120. The number of thioether (sulfide) groups is 1. The van der Waals surface area contributed by atoms with Crippen molar-refractivity contribution in [2.75, 3.05) is 5.88 Å². The van der Waals surface area contributed by atoms with Crippen molar-refractivity contribution in [3.8, 4) is 0 Å². The lowest BCUT2D eigenvalue weighted by molar-refractivity contribution is -0.143. The van der Waals surface area contributed by atoms with Crippen LogP contribution >= 0.6 is 11.8 Å². The molecule has 2 aromatic rings. The zero-order valence-electron chi connectivity index (χ0n) is 19.6. The molecule has 2 amide bonds. The van der Waals surface area contributed by atoms with E-state index in [0.29, 0.717) is 17.1 Å². The fraction of sp³-hybridized carbons (Fsp3) is 0.400. The lowest BCUT2D eigenvalue weighted by Crippen LogP contribution is -2.47. The van der Waals surface area contributed by atoms with Crippen molar-refractivity contribution in [1.82, 2.24) is 10.2 Å². The Morgan fingerprint density at radius 3 is 2.49 bits per heavy atom. The van der Waals surface area contributed by atoms with Gasteiger partial charge in [-0.25, -0.2) is 4.79 Å². The summed E-state index contributed by atoms with van der Waals surface area (Å²) in [4.78, 5) is 38.1. The number of carbonyl (C=O) groups is 3. The number of aliphatic hydroxyl groups excluding tert-OH is 2. The molecular formula is C25H31N3O6S. The fourth-order valence-corrected chi connectivity index (χ4v) is 4.88. The highest BCUT2D eigenvalue weighted by Gasteiger charge is 2.32. The zero-order valence-corrected chi connectivity index (χ0v) is 20.4. The number of amides is 2. The van der Waals surface area contributed by atoms with E-state index in [-0.39, 0.29) is 18.8 Å². The van der Waals surface area contributed by atoms with Crippen LogP contribution in [0.15, 0.2) is 53.6 Å². The van der Waals surface area contributed by atoms with E-state index in [1.54, 1.807) is 31.4 Å². The van der Waals surface area contributed by atoms with Crippen LogP contribution in [0.1, 0.15) is 38.4 Å². The van der Waals surface area contributed by atoms with Crippen LogP contribution in [0.2, 0.25) is 0 Å². The first-order valence-electron chi connectivity index (χ1n) is 11.3. The highest BCUT2D eigenvalue weighted by atomic mass is 32.2. The Kier molecular flexibility index (Phi) is 8.90. The number of nitrogens with one attached hydrogen (secondary N) is 1. The van der Waals surface area contributed by atoms with Crippen LogP contribution in [0.25, 0.3) is 10.8 Å². The summed E-state index contributed by atoms with van der Waals surface area (Å²) in [6.07, 6.45) is -2.89. The van der Waals surface area contributed by atoms with Gasteiger partial charge >= 0.3 is 5.97 Å². The van der Waals surface area contributed by atoms with E-state index in [1.165, 1.54) is 16.7 Å². The third-order valence-electron chi connectivity index (χ3n) is 5.97. The molecule has 1 aliphatic heterocycles. The quantitative estimate of drug-likeness (QED) is 0.331. The van der Waals surface area contributed by atoms with Gasteiger partial charge in [0.15, 0.2) is 6.10 Å². The van der Waals surface area contributed by atoms with Crippen molar-refractivity contribution in [3.05, 3.63) is 59.1 Å². The molecule has 188 valence electrons. The first-order valence-corrected chi connectivity index (χ1v) is 12.4. The SMILES string of the molecule is CC(C)[C@H](NC(=O)C[C@H](O)[C@@H](N)CC1=CSCN1C(=O)C(O)c1cccc2ccccc12)C(=O)O. The number of hydrogen-bond donors (Lipinski definition) is 5. The predicted octanol–water partition coefficient (Wildman–Crippen LogP) is 1.94. The van der Waals surface area contributed by atoms with E-state index in [1.807, 2.05) is 30.3 Å². The predicted molar refractivity (Wildman–Crippen MR) is 134 cm³/mol. The first-order chi connectivity index (χ1) is 16.6. The number of fused-ring (bicyclic) bond motifs is 1. The molecule has 3 rings (SSSR count). The van der Waals surface area contributed by atoms with Gasteiger partial charge in [0.1, 0.15) is 6.04 Å². The second-order valence-corrected chi connectivity index (χ2v) is 9.74. The Balaban J connectivity index is 1.63. The summed E-state index contributed by atoms with van der Waals surface area (Å²) in [6.45, 7) is 3.34. The van der Waals surface area contributed by atoms with Gasteiger partial charge in [0.2, 0.25) is 5.91 Å². The number of nitrogens with zero attached hydrogens (tertiary/aromatic N) is 1. The van der Waals surface area contributed by atoms with Crippen molar-refractivity contribution < 1.29 is 29.7 Å². The number of aliphatic carboxylic acids is 1. The third kappa shape index (κ3) is 6.40. The van der Waals surface area contributed by atoms with E-state index in [4.69, 9.17) is 5.73 Å². The topological polar surface area (TPSA) is 153 Å². The number of rotatable bonds is 10. The van der Waals surface area contributed by atoms with Crippen molar-refractivity contribution in [2.45, 2.75) is 51.0 Å². The number of aliphatic hydroxyl groups is 2. The minimum Gasteiger partial charge on any atom is -0.480 e. The second kappa shape index (κ2) is 11.7. The molecule has 2 aromatic carbocycles. The summed E-state index contributed by atoms with van der Waals surface area (Å²) in [6, 6.07) is 10.9. The zero-order chi connectivity index (χ0) is 25.7. The Morgan fingerprint density at radius 2 is 1.80 bits per heavy atom. The summed E-state index contributed by atoms with van der Waals surface area (Å²) in [5, 5.41) is 36.4. The van der Waals surface area contributed by atoms with E-state index in [0.717, 1.165) is 10.8 Å². The standard InChI is InChI=1S/C25H31N3O6S/c1-14(2)22(25(33)34)27-21(30)11-20(29)19(26)10-16-12-35-13-28(16)24(32)23(31)18-9-5-7-15-6-3-4-8-17(15)18/h3-9,12,14,19-20,22-23,29,31H,10-11,13,26H2,1-2H3,(H,27,30)(H,33,34)/t19-,20-,22-,23?/m0/s1. The molecule has 0 spiro atoms. The number of carboxylic acid groups (broad SMARTS) is 1. The molecule has 0 aromatic heterocycles. The first kappa shape index (κ1) is 26.7. The molecule has 9 nitrogen and oxygen atoms in total. The Hall–Kier alpha value is -2.92. The van der Waals surface area contributed by atoms with Crippen LogP contribution in [-0.2, 0) is 14.4 Å². The van der Waals surface area contributed by atoms with Gasteiger partial charge in [-0.05, 0) is 27.7 Å². The molecule has 1 unspecified atom stereocenters. The third-order valence-corrected chi connectivity index (χ3v) is 6.82. The molecule has 1 heterocycles. The van der Waals surface area contributed by atoms with Crippen LogP contribution in [-0.4, -0.2) is 62.1 Å². The maximum Gasteiger partial charge on any atom is 0.326 e. The molecule has 6 N–H and O–H groups in total. The summed E-state index contributed by atoms with van der Waals surface area (Å²) in [5.74, 6) is -2.30.